The Morgan fingerprint density at radius 1 is 1.09 bits per heavy atom. The van der Waals surface area contributed by atoms with Crippen LogP contribution in [0.5, 0.6) is 0 Å². The fourth-order valence-electron chi connectivity index (χ4n) is 1.94. The van der Waals surface area contributed by atoms with Crippen LogP contribution in [0.1, 0.15) is 41.5 Å². The van der Waals surface area contributed by atoms with Gasteiger partial charge in [-0.25, -0.2) is 9.78 Å². The van der Waals surface area contributed by atoms with Gasteiger partial charge in [-0.2, -0.15) is 4.98 Å². The molecule has 0 bridgehead atoms. The second kappa shape index (κ2) is 12.4. The van der Waals surface area contributed by atoms with Crippen LogP contribution >= 0.6 is 7.60 Å². The second-order valence-corrected chi connectivity index (χ2v) is 11.2. The summed E-state index contributed by atoms with van der Waals surface area (Å²) in [6.07, 6.45) is -0.649. The molecular weight excluding hydrogens is 475 g/mol. The van der Waals surface area contributed by atoms with E-state index in [1.807, 2.05) is 0 Å². The van der Waals surface area contributed by atoms with Crippen molar-refractivity contribution < 1.29 is 42.5 Å². The minimum absolute atomic E-state index is 0.201. The lowest BCUT2D eigenvalue weighted by Gasteiger charge is -2.23. The van der Waals surface area contributed by atoms with Crippen molar-refractivity contribution in [2.75, 3.05) is 32.3 Å². The van der Waals surface area contributed by atoms with Gasteiger partial charge in [0.25, 0.3) is 0 Å². The van der Waals surface area contributed by atoms with Crippen molar-refractivity contribution in [3.8, 4) is 0 Å². The van der Waals surface area contributed by atoms with Crippen molar-refractivity contribution in [2.45, 2.75) is 54.2 Å². The highest BCUT2D eigenvalue weighted by atomic mass is 31.2. The molecule has 14 nitrogen and oxygen atoms in total. The minimum atomic E-state index is -4.15. The average molecular weight is 508 g/mol. The number of rotatable bonds is 12. The number of carbonyl (C=O) groups is 2. The summed E-state index contributed by atoms with van der Waals surface area (Å²) in [6.45, 7) is 7.50. The number of anilines is 1. The van der Waals surface area contributed by atoms with E-state index in [1.54, 1.807) is 41.5 Å². The van der Waals surface area contributed by atoms with Crippen molar-refractivity contribution in [1.82, 2.24) is 14.5 Å². The highest BCUT2D eigenvalue weighted by molar-refractivity contribution is 7.53. The molecule has 0 radical (unpaired) electrons. The summed E-state index contributed by atoms with van der Waals surface area (Å²) in [7, 11) is -4.15. The lowest BCUT2D eigenvalue weighted by Crippen LogP contribution is -2.33. The number of nitrogens with two attached hydrogens (primary N) is 1. The van der Waals surface area contributed by atoms with Crippen molar-refractivity contribution in [1.29, 1.82) is 0 Å². The van der Waals surface area contributed by atoms with Crippen LogP contribution in [0, 0.1) is 10.8 Å². The summed E-state index contributed by atoms with van der Waals surface area (Å²) in [5.41, 5.74) is 2.95. The third-order valence-electron chi connectivity index (χ3n) is 3.96. The van der Waals surface area contributed by atoms with E-state index in [4.69, 9.17) is 29.0 Å². The third kappa shape index (κ3) is 10.3. The molecule has 0 aromatic carbocycles. The Labute approximate surface area is 197 Å². The van der Waals surface area contributed by atoms with E-state index < -0.39 is 68.7 Å². The molecule has 1 atom stereocenters. The molecule has 15 heteroatoms. The molecule has 0 aliphatic heterocycles. The third-order valence-corrected chi connectivity index (χ3v) is 5.42. The van der Waals surface area contributed by atoms with E-state index in [2.05, 4.69) is 9.97 Å². The molecule has 194 valence electrons. The van der Waals surface area contributed by atoms with Crippen LogP contribution in [0.4, 0.5) is 5.95 Å². The van der Waals surface area contributed by atoms with Crippen LogP contribution in [0.15, 0.2) is 11.1 Å². The van der Waals surface area contributed by atoms with Crippen LogP contribution in [0.25, 0.3) is 0 Å². The lowest BCUT2D eigenvalue weighted by atomic mass is 9.98. The van der Waals surface area contributed by atoms with Crippen LogP contribution in [-0.4, -0.2) is 64.2 Å². The number of hydrogen-bond acceptors (Lipinski definition) is 13. The summed E-state index contributed by atoms with van der Waals surface area (Å²) in [4.78, 5) is 42.8. The van der Waals surface area contributed by atoms with E-state index in [0.29, 0.717) is 0 Å². The quantitative estimate of drug-likeness (QED) is 0.230. The van der Waals surface area contributed by atoms with E-state index in [1.165, 1.54) is 0 Å². The van der Waals surface area contributed by atoms with Gasteiger partial charge in [0.2, 0.25) is 19.5 Å². The normalized spacial score (nSPS) is 13.4. The number of hydrogen-bond donors (Lipinski definition) is 2. The molecule has 0 saturated heterocycles. The molecule has 0 aliphatic carbocycles. The van der Waals surface area contributed by atoms with Gasteiger partial charge in [0.1, 0.15) is 12.7 Å². The minimum Gasteiger partial charge on any atom is -0.438 e. The van der Waals surface area contributed by atoms with E-state index in [-0.39, 0.29) is 12.5 Å². The Balaban J connectivity index is 2.83. The number of nitrogen functional groups attached to an aromatic ring is 1. The van der Waals surface area contributed by atoms with E-state index in [0.717, 1.165) is 10.9 Å². The van der Waals surface area contributed by atoms with Crippen LogP contribution in [0.3, 0.4) is 0 Å². The zero-order valence-corrected chi connectivity index (χ0v) is 21.1. The Morgan fingerprint density at radius 2 is 1.59 bits per heavy atom. The molecule has 0 aliphatic rings. The van der Waals surface area contributed by atoms with Gasteiger partial charge in [0.05, 0.1) is 30.1 Å². The van der Waals surface area contributed by atoms with Gasteiger partial charge in [0, 0.05) is 0 Å². The van der Waals surface area contributed by atoms with Gasteiger partial charge in [0.15, 0.2) is 0 Å². The highest BCUT2D eigenvalue weighted by Crippen LogP contribution is 2.48. The van der Waals surface area contributed by atoms with Gasteiger partial charge < -0.3 is 25.1 Å². The molecule has 34 heavy (non-hydrogen) atoms. The van der Waals surface area contributed by atoms with Gasteiger partial charge in [-0.05, 0) is 41.5 Å². The Bertz CT molecular complexity index is 902. The average Bonchev–Trinajstić information content (AvgIpc) is 2.71. The van der Waals surface area contributed by atoms with Crippen molar-refractivity contribution in [3.63, 3.8) is 0 Å². The molecule has 1 aromatic heterocycles. The Hall–Kier alpha value is -2.38. The van der Waals surface area contributed by atoms with Gasteiger partial charge in [-0.1, -0.05) is 0 Å². The molecule has 1 heterocycles. The highest BCUT2D eigenvalue weighted by Gasteiger charge is 2.31. The summed E-state index contributed by atoms with van der Waals surface area (Å²) in [5, 5.41) is 9.59. The smallest absolute Gasteiger partial charge is 0.361 e. The molecule has 0 fully saturated rings. The van der Waals surface area contributed by atoms with Crippen molar-refractivity contribution >= 4 is 25.5 Å². The maximum Gasteiger partial charge on any atom is 0.361 e. The largest absolute Gasteiger partial charge is 0.438 e. The van der Waals surface area contributed by atoms with E-state index >= 15 is 0 Å². The van der Waals surface area contributed by atoms with Gasteiger partial charge in [-0.3, -0.25) is 27.8 Å². The first-order valence-corrected chi connectivity index (χ1v) is 11.9. The SMILES string of the molecule is CC(C)(C)C(=O)OCOP(=O)(COC(CO)Cn1cnc(N)nc1=O)OCOC(=O)C(C)(C)C. The molecule has 1 unspecified atom stereocenters. The maximum absolute atomic E-state index is 13.1. The van der Waals surface area contributed by atoms with Crippen LogP contribution in [-0.2, 0) is 44.0 Å². The van der Waals surface area contributed by atoms with Crippen molar-refractivity contribution in [2.24, 2.45) is 10.8 Å². The van der Waals surface area contributed by atoms with Crippen LogP contribution in [0.2, 0.25) is 0 Å². The number of aliphatic hydroxyl groups excluding tert-OH is 1. The topological polar surface area (TPSA) is 191 Å². The number of ether oxygens (including phenoxy) is 3. The lowest BCUT2D eigenvalue weighted by molar-refractivity contribution is -0.162. The first kappa shape index (κ1) is 29.7. The Kier molecular flexibility index (Phi) is 10.8. The summed E-state index contributed by atoms with van der Waals surface area (Å²) in [6, 6.07) is 0. The fourth-order valence-corrected chi connectivity index (χ4v) is 2.98. The van der Waals surface area contributed by atoms with Gasteiger partial charge >= 0.3 is 25.2 Å². The Morgan fingerprint density at radius 3 is 2.00 bits per heavy atom. The molecular formula is C19H33N4O10P. The summed E-state index contributed by atoms with van der Waals surface area (Å²) in [5.74, 6) is -1.45. The standard InChI is InChI=1S/C19H33N4O10P/c1-18(2,3)14(25)29-10-32-34(28,33-11-30-15(26)19(4,5)6)12-31-13(8-24)7-23-9-21-16(20)22-17(23)27/h9,13,24H,7-8,10-12H2,1-6H3,(H2,20,22,27). The second-order valence-electron chi connectivity index (χ2n) is 9.22. The monoisotopic (exact) mass is 508 g/mol. The number of nitrogens with zero attached hydrogens (tertiary/aromatic N) is 3. The predicted octanol–water partition coefficient (Wildman–Crippen LogP) is 0.875. The zero-order valence-electron chi connectivity index (χ0n) is 20.2. The molecule has 1 rings (SSSR count). The van der Waals surface area contributed by atoms with Crippen LogP contribution < -0.4 is 11.4 Å². The fraction of sp³-hybridized carbons (Fsp3) is 0.737. The molecule has 0 spiro atoms. The number of esters is 2. The number of aliphatic hydroxyl groups is 1. The summed E-state index contributed by atoms with van der Waals surface area (Å²) < 4.78 is 39.7. The molecule has 0 amide bonds. The number of carbonyl (C=O) groups excluding carboxylic acids is 2. The summed E-state index contributed by atoms with van der Waals surface area (Å²) >= 11 is 0. The first-order valence-electron chi connectivity index (χ1n) is 10.2. The molecule has 0 saturated carbocycles. The number of aromatic nitrogens is 3. The maximum atomic E-state index is 13.1. The molecule has 3 N–H and O–H groups in total. The molecule has 1 aromatic rings. The first-order chi connectivity index (χ1) is 15.6. The zero-order chi connectivity index (χ0) is 26.2. The van der Waals surface area contributed by atoms with E-state index in [9.17, 15) is 24.1 Å². The van der Waals surface area contributed by atoms with Crippen molar-refractivity contribution in [3.05, 3.63) is 16.8 Å². The van der Waals surface area contributed by atoms with Gasteiger partial charge in [-0.15, -0.1) is 0 Å². The predicted molar refractivity (Wildman–Crippen MR) is 118 cm³/mol.